The summed E-state index contributed by atoms with van der Waals surface area (Å²) >= 11 is 16.7. The van der Waals surface area contributed by atoms with E-state index in [1.54, 1.807) is 0 Å². The Labute approximate surface area is 285 Å². The summed E-state index contributed by atoms with van der Waals surface area (Å²) in [5.41, 5.74) is 10.6. The van der Waals surface area contributed by atoms with E-state index < -0.39 is 0 Å². The van der Waals surface area contributed by atoms with Crippen LogP contribution in [-0.2, 0) is 0 Å². The van der Waals surface area contributed by atoms with Gasteiger partial charge in [0.15, 0.2) is 0 Å². The van der Waals surface area contributed by atoms with Crippen molar-refractivity contribution in [1.29, 1.82) is 0 Å². The van der Waals surface area contributed by atoms with Crippen molar-refractivity contribution in [2.75, 3.05) is 0 Å². The summed E-state index contributed by atoms with van der Waals surface area (Å²) in [6.07, 6.45) is 0. The molecule has 6 nitrogen and oxygen atoms in total. The Morgan fingerprint density at radius 1 is 0.447 bits per heavy atom. The second-order valence-corrected chi connectivity index (χ2v) is 13.2. The molecule has 47 heavy (non-hydrogen) atoms. The number of fused-ring (bicyclic) bond motifs is 13. The number of benzene rings is 6. The zero-order valence-electron chi connectivity index (χ0n) is 24.4. The van der Waals surface area contributed by atoms with Crippen LogP contribution in [0.15, 0.2) is 132 Å². The van der Waals surface area contributed by atoms with Crippen LogP contribution in [-0.4, -0.2) is 27.7 Å². The van der Waals surface area contributed by atoms with Gasteiger partial charge in [0, 0.05) is 15.2 Å². The first-order chi connectivity index (χ1) is 23.1. The first kappa shape index (κ1) is 27.1. The standard InChI is InChI=1S/C19H11BrClN3.C19H10ClN3/c20-12-6-5-7-13(21)18(12)24-17-11-4-3-10-16(17)23-15-9-2-1-8-14(15)22-19(23)24;20-13-7-3-5-11-12-6-4-10-16-18(12)23(17(11)13)19-21-14-8-1-2-9-15(14)22(16)19/h1-11H;1-10H. The molecule has 0 saturated carbocycles. The van der Waals surface area contributed by atoms with E-state index >= 15 is 0 Å². The highest BCUT2D eigenvalue weighted by molar-refractivity contribution is 9.10. The van der Waals surface area contributed by atoms with E-state index in [1.807, 2.05) is 72.8 Å². The SMILES string of the molecule is Clc1cccc(Br)c1-n1c2ccccc2n2c3ccccc3nc12.Clc1cccc2c3cccc4c3n(c12)c1nc2ccccc2n41. The first-order valence-electron chi connectivity index (χ1n) is 15.1. The minimum absolute atomic E-state index is 0.680. The molecule has 0 aliphatic heterocycles. The number of hydrogen-bond donors (Lipinski definition) is 0. The maximum Gasteiger partial charge on any atom is 0.220 e. The lowest BCUT2D eigenvalue weighted by Gasteiger charge is -2.09. The molecule has 0 fully saturated rings. The van der Waals surface area contributed by atoms with Gasteiger partial charge >= 0.3 is 0 Å². The molecular weight excluding hydrogens is 691 g/mol. The third-order valence-corrected chi connectivity index (χ3v) is 10.2. The van der Waals surface area contributed by atoms with Crippen LogP contribution in [0.2, 0.25) is 10.0 Å². The molecule has 0 aliphatic carbocycles. The summed E-state index contributed by atoms with van der Waals surface area (Å²) in [6, 6.07) is 43.0. The van der Waals surface area contributed by atoms with E-state index in [9.17, 15) is 0 Å². The van der Waals surface area contributed by atoms with Crippen molar-refractivity contribution >= 4 is 111 Å². The summed E-state index contributed by atoms with van der Waals surface area (Å²) in [4.78, 5) is 9.72. The van der Waals surface area contributed by atoms with Gasteiger partial charge in [0.05, 0.1) is 65.4 Å². The molecule has 0 N–H and O–H groups in total. The smallest absolute Gasteiger partial charge is 0.220 e. The fraction of sp³-hybridized carbons (Fsp3) is 0. The van der Waals surface area contributed by atoms with Gasteiger partial charge in [0.2, 0.25) is 11.6 Å². The minimum atomic E-state index is 0.680. The fourth-order valence-electron chi connectivity index (χ4n) is 7.11. The Morgan fingerprint density at radius 3 is 1.70 bits per heavy atom. The monoisotopic (exact) mass is 710 g/mol. The second-order valence-electron chi connectivity index (χ2n) is 11.5. The Hall–Kier alpha value is -5.08. The number of nitrogens with zero attached hydrogens (tertiary/aromatic N) is 6. The van der Waals surface area contributed by atoms with Crippen LogP contribution in [0.25, 0.3) is 77.7 Å². The van der Waals surface area contributed by atoms with Crippen molar-refractivity contribution in [2.45, 2.75) is 0 Å². The summed E-state index contributed by atoms with van der Waals surface area (Å²) in [5.74, 6) is 1.77. The van der Waals surface area contributed by atoms with Gasteiger partial charge in [-0.1, -0.05) is 89.9 Å². The summed E-state index contributed by atoms with van der Waals surface area (Å²) in [5, 5.41) is 3.83. The maximum absolute atomic E-state index is 6.54. The molecule has 6 aromatic carbocycles. The zero-order valence-corrected chi connectivity index (χ0v) is 27.5. The molecule has 11 rings (SSSR count). The van der Waals surface area contributed by atoms with Crippen LogP contribution < -0.4 is 0 Å². The third kappa shape index (κ3) is 3.67. The van der Waals surface area contributed by atoms with E-state index in [2.05, 4.69) is 88.3 Å². The van der Waals surface area contributed by atoms with E-state index in [0.717, 1.165) is 65.4 Å². The topological polar surface area (TPSA) is 43.9 Å². The highest BCUT2D eigenvalue weighted by Crippen LogP contribution is 2.39. The van der Waals surface area contributed by atoms with Gasteiger partial charge in [-0.2, -0.15) is 0 Å². The number of para-hydroxylation sites is 9. The normalized spacial score (nSPS) is 12.1. The molecule has 0 saturated heterocycles. The van der Waals surface area contributed by atoms with Crippen LogP contribution in [0.3, 0.4) is 0 Å². The van der Waals surface area contributed by atoms with Gasteiger partial charge in [0.25, 0.3) is 0 Å². The lowest BCUT2D eigenvalue weighted by Crippen LogP contribution is -1.97. The van der Waals surface area contributed by atoms with Gasteiger partial charge in [0.1, 0.15) is 0 Å². The number of halogens is 3. The Morgan fingerprint density at radius 2 is 0.979 bits per heavy atom. The van der Waals surface area contributed by atoms with E-state index in [4.69, 9.17) is 33.2 Å². The Balaban J connectivity index is 0.000000121. The molecule has 0 radical (unpaired) electrons. The van der Waals surface area contributed by atoms with Crippen molar-refractivity contribution in [3.63, 3.8) is 0 Å². The molecule has 0 spiro atoms. The van der Waals surface area contributed by atoms with E-state index in [1.165, 1.54) is 21.8 Å². The molecule has 5 heterocycles. The number of hydrogen-bond acceptors (Lipinski definition) is 2. The molecule has 0 atom stereocenters. The summed E-state index contributed by atoms with van der Waals surface area (Å²) in [7, 11) is 0. The predicted molar refractivity (Wildman–Crippen MR) is 197 cm³/mol. The van der Waals surface area contributed by atoms with Crippen LogP contribution in [0.1, 0.15) is 0 Å². The third-order valence-electron chi connectivity index (χ3n) is 8.99. The van der Waals surface area contributed by atoms with Gasteiger partial charge in [-0.3, -0.25) is 17.8 Å². The molecule has 0 bridgehead atoms. The molecule has 9 heteroatoms. The van der Waals surface area contributed by atoms with Gasteiger partial charge in [-0.25, -0.2) is 9.97 Å². The van der Waals surface area contributed by atoms with Crippen molar-refractivity contribution < 1.29 is 0 Å². The largest absolute Gasteiger partial charge is 0.276 e. The number of rotatable bonds is 1. The number of imidazole rings is 4. The van der Waals surface area contributed by atoms with Crippen molar-refractivity contribution in [3.8, 4) is 5.69 Å². The molecule has 0 aliphatic rings. The molecule has 224 valence electrons. The average Bonchev–Trinajstić information content (AvgIpc) is 3.88. The van der Waals surface area contributed by atoms with Gasteiger partial charge in [-0.15, -0.1) is 0 Å². The lowest BCUT2D eigenvalue weighted by atomic mass is 10.1. The minimum Gasteiger partial charge on any atom is -0.276 e. The second kappa shape index (κ2) is 9.96. The molecule has 0 amide bonds. The zero-order chi connectivity index (χ0) is 31.4. The molecule has 5 aromatic heterocycles. The lowest BCUT2D eigenvalue weighted by molar-refractivity contribution is 1.10. The highest BCUT2D eigenvalue weighted by atomic mass is 79.9. The van der Waals surface area contributed by atoms with Crippen molar-refractivity contribution in [1.82, 2.24) is 27.7 Å². The summed E-state index contributed by atoms with van der Waals surface area (Å²) in [6.45, 7) is 0. The molecular formula is C38H21BrCl2N6. The Kier molecular flexibility index (Phi) is 5.74. The van der Waals surface area contributed by atoms with Gasteiger partial charge in [-0.05, 0) is 76.6 Å². The summed E-state index contributed by atoms with van der Waals surface area (Å²) < 4.78 is 9.65. The average molecular weight is 712 g/mol. The van der Waals surface area contributed by atoms with Crippen LogP contribution in [0.4, 0.5) is 0 Å². The fourth-order valence-corrected chi connectivity index (χ4v) is 8.29. The van der Waals surface area contributed by atoms with Crippen molar-refractivity contribution in [3.05, 3.63) is 142 Å². The van der Waals surface area contributed by atoms with Gasteiger partial charge < -0.3 is 0 Å². The predicted octanol–water partition coefficient (Wildman–Crippen LogP) is 11.0. The molecule has 11 aromatic rings. The molecule has 0 unspecified atom stereocenters. The highest BCUT2D eigenvalue weighted by Gasteiger charge is 2.22. The van der Waals surface area contributed by atoms with Crippen LogP contribution >= 0.6 is 39.1 Å². The van der Waals surface area contributed by atoms with Crippen molar-refractivity contribution in [2.24, 2.45) is 0 Å². The quantitative estimate of drug-likeness (QED) is 0.170. The van der Waals surface area contributed by atoms with Crippen LogP contribution in [0.5, 0.6) is 0 Å². The van der Waals surface area contributed by atoms with E-state index in [-0.39, 0.29) is 0 Å². The Bertz CT molecular complexity index is 3000. The maximum atomic E-state index is 6.54. The number of aromatic nitrogens is 6. The van der Waals surface area contributed by atoms with Crippen LogP contribution in [0, 0.1) is 0 Å². The van der Waals surface area contributed by atoms with E-state index in [0.29, 0.717) is 5.02 Å². The first-order valence-corrected chi connectivity index (χ1v) is 16.7.